The fourth-order valence-electron chi connectivity index (χ4n) is 2.42. The van der Waals surface area contributed by atoms with Gasteiger partial charge in [-0.15, -0.1) is 0 Å². The third-order valence-electron chi connectivity index (χ3n) is 3.49. The standard InChI is InChI=1S/C11H17BrN4O2/c1-14-6-3-2-4-9(14)5-7-15-8-10(12)11(13-15)16(17)18/h8-9H,2-7H2,1H3. The molecule has 100 valence electrons. The Hall–Kier alpha value is -0.950. The highest BCUT2D eigenvalue weighted by Gasteiger charge is 2.21. The van der Waals surface area contributed by atoms with Crippen molar-refractivity contribution in [1.29, 1.82) is 0 Å². The number of rotatable bonds is 4. The van der Waals surface area contributed by atoms with Gasteiger partial charge >= 0.3 is 5.82 Å². The van der Waals surface area contributed by atoms with Crippen molar-refractivity contribution in [2.24, 2.45) is 0 Å². The van der Waals surface area contributed by atoms with Crippen LogP contribution in [-0.2, 0) is 6.54 Å². The van der Waals surface area contributed by atoms with Gasteiger partial charge in [-0.1, -0.05) is 6.42 Å². The summed E-state index contributed by atoms with van der Waals surface area (Å²) in [5, 5.41) is 14.7. The van der Waals surface area contributed by atoms with Gasteiger partial charge < -0.3 is 15.0 Å². The SMILES string of the molecule is CN1CCCCC1CCn1cc(Br)c([N+](=O)[O-])n1. The normalized spacial score (nSPS) is 21.1. The second kappa shape index (κ2) is 5.79. The molecule has 7 heteroatoms. The van der Waals surface area contributed by atoms with Crippen molar-refractivity contribution < 1.29 is 4.92 Å². The second-order valence-corrected chi connectivity index (χ2v) is 5.59. The number of aryl methyl sites for hydroxylation is 1. The molecular weight excluding hydrogens is 300 g/mol. The molecule has 0 aromatic carbocycles. The van der Waals surface area contributed by atoms with Gasteiger partial charge in [0, 0.05) is 6.04 Å². The highest BCUT2D eigenvalue weighted by molar-refractivity contribution is 9.10. The molecular formula is C11H17BrN4O2. The first-order chi connectivity index (χ1) is 8.58. The number of likely N-dealkylation sites (tertiary alicyclic amines) is 1. The molecule has 2 rings (SSSR count). The average Bonchev–Trinajstić information content (AvgIpc) is 2.70. The number of halogens is 1. The first-order valence-corrected chi connectivity index (χ1v) is 6.95. The average molecular weight is 317 g/mol. The minimum atomic E-state index is -0.465. The maximum absolute atomic E-state index is 10.7. The quantitative estimate of drug-likeness (QED) is 0.632. The van der Waals surface area contributed by atoms with Gasteiger partial charge in [0.1, 0.15) is 4.47 Å². The van der Waals surface area contributed by atoms with E-state index in [2.05, 4.69) is 33.0 Å². The summed E-state index contributed by atoms with van der Waals surface area (Å²) in [6.45, 7) is 1.87. The van der Waals surface area contributed by atoms with Gasteiger partial charge in [0.05, 0.1) is 17.8 Å². The van der Waals surface area contributed by atoms with Crippen LogP contribution in [0.15, 0.2) is 10.7 Å². The summed E-state index contributed by atoms with van der Waals surface area (Å²) < 4.78 is 2.11. The van der Waals surface area contributed by atoms with Crippen LogP contribution in [0.3, 0.4) is 0 Å². The summed E-state index contributed by atoms with van der Waals surface area (Å²) >= 11 is 3.16. The van der Waals surface area contributed by atoms with Gasteiger partial charge in [0.2, 0.25) is 0 Å². The Kier molecular flexibility index (Phi) is 4.34. The van der Waals surface area contributed by atoms with E-state index >= 15 is 0 Å². The molecule has 1 aliphatic rings. The van der Waals surface area contributed by atoms with Crippen molar-refractivity contribution in [3.8, 4) is 0 Å². The summed E-state index contributed by atoms with van der Waals surface area (Å²) in [5.41, 5.74) is 0. The lowest BCUT2D eigenvalue weighted by Crippen LogP contribution is -2.36. The van der Waals surface area contributed by atoms with Crippen LogP contribution in [0.2, 0.25) is 0 Å². The van der Waals surface area contributed by atoms with Gasteiger partial charge in [0.25, 0.3) is 0 Å². The molecule has 1 unspecified atom stereocenters. The molecule has 1 aliphatic heterocycles. The van der Waals surface area contributed by atoms with Crippen molar-refractivity contribution in [3.63, 3.8) is 0 Å². The molecule has 0 aliphatic carbocycles. The van der Waals surface area contributed by atoms with Crippen molar-refractivity contribution in [2.75, 3.05) is 13.6 Å². The summed E-state index contributed by atoms with van der Waals surface area (Å²) in [5.74, 6) is -0.105. The van der Waals surface area contributed by atoms with Crippen molar-refractivity contribution in [1.82, 2.24) is 14.7 Å². The van der Waals surface area contributed by atoms with Crippen LogP contribution in [0.4, 0.5) is 5.82 Å². The highest BCUT2D eigenvalue weighted by atomic mass is 79.9. The lowest BCUT2D eigenvalue weighted by atomic mass is 10.0. The minimum Gasteiger partial charge on any atom is -0.358 e. The van der Waals surface area contributed by atoms with Crippen molar-refractivity contribution >= 4 is 21.7 Å². The zero-order chi connectivity index (χ0) is 13.1. The number of nitrogens with zero attached hydrogens (tertiary/aromatic N) is 4. The van der Waals surface area contributed by atoms with E-state index in [1.54, 1.807) is 10.9 Å². The molecule has 18 heavy (non-hydrogen) atoms. The molecule has 0 amide bonds. The van der Waals surface area contributed by atoms with Gasteiger partial charge in [-0.2, -0.15) is 4.68 Å². The van der Waals surface area contributed by atoms with E-state index in [4.69, 9.17) is 0 Å². The van der Waals surface area contributed by atoms with Crippen LogP contribution in [0.1, 0.15) is 25.7 Å². The van der Waals surface area contributed by atoms with Crippen LogP contribution in [0.5, 0.6) is 0 Å². The number of nitro groups is 1. The van der Waals surface area contributed by atoms with Crippen LogP contribution in [0.25, 0.3) is 0 Å². The Labute approximate surface area is 114 Å². The molecule has 1 fully saturated rings. The third-order valence-corrected chi connectivity index (χ3v) is 4.04. The zero-order valence-corrected chi connectivity index (χ0v) is 12.0. The van der Waals surface area contributed by atoms with E-state index in [-0.39, 0.29) is 5.82 Å². The smallest absolute Gasteiger partial charge is 0.358 e. The van der Waals surface area contributed by atoms with Crippen molar-refractivity contribution in [2.45, 2.75) is 38.3 Å². The van der Waals surface area contributed by atoms with E-state index < -0.39 is 4.92 Å². The lowest BCUT2D eigenvalue weighted by molar-refractivity contribution is -0.390. The highest BCUT2D eigenvalue weighted by Crippen LogP contribution is 2.23. The zero-order valence-electron chi connectivity index (χ0n) is 10.4. The monoisotopic (exact) mass is 316 g/mol. The number of hydrogen-bond donors (Lipinski definition) is 0. The van der Waals surface area contributed by atoms with Crippen LogP contribution in [-0.4, -0.2) is 39.2 Å². The van der Waals surface area contributed by atoms with Gasteiger partial charge in [-0.25, -0.2) is 0 Å². The predicted octanol–water partition coefficient (Wildman–Crippen LogP) is 2.43. The molecule has 0 bridgehead atoms. The molecule has 0 spiro atoms. The molecule has 2 heterocycles. The first kappa shape index (κ1) is 13.5. The molecule has 0 N–H and O–H groups in total. The summed E-state index contributed by atoms with van der Waals surface area (Å²) in [6.07, 6.45) is 6.42. The number of piperidine rings is 1. The van der Waals surface area contributed by atoms with E-state index in [1.165, 1.54) is 19.3 Å². The maximum Gasteiger partial charge on any atom is 0.404 e. The fraction of sp³-hybridized carbons (Fsp3) is 0.727. The Morgan fingerprint density at radius 3 is 3.00 bits per heavy atom. The summed E-state index contributed by atoms with van der Waals surface area (Å²) in [6, 6.07) is 0.570. The lowest BCUT2D eigenvalue weighted by Gasteiger charge is -2.32. The van der Waals surface area contributed by atoms with E-state index in [0.717, 1.165) is 19.5 Å². The molecule has 1 atom stereocenters. The fourth-order valence-corrected chi connectivity index (χ4v) is 2.88. The Morgan fingerprint density at radius 1 is 1.61 bits per heavy atom. The minimum absolute atomic E-state index is 0.105. The largest absolute Gasteiger partial charge is 0.404 e. The predicted molar refractivity (Wildman–Crippen MR) is 71.5 cm³/mol. The maximum atomic E-state index is 10.7. The van der Waals surface area contributed by atoms with Crippen LogP contribution < -0.4 is 0 Å². The van der Waals surface area contributed by atoms with E-state index in [9.17, 15) is 10.1 Å². The summed E-state index contributed by atoms with van der Waals surface area (Å²) in [4.78, 5) is 12.6. The van der Waals surface area contributed by atoms with Crippen LogP contribution >= 0.6 is 15.9 Å². The van der Waals surface area contributed by atoms with Gasteiger partial charge in [-0.3, -0.25) is 0 Å². The number of hydrogen-bond acceptors (Lipinski definition) is 4. The molecule has 0 radical (unpaired) electrons. The third kappa shape index (κ3) is 3.08. The van der Waals surface area contributed by atoms with Gasteiger partial charge in [-0.05, 0) is 53.7 Å². The first-order valence-electron chi connectivity index (χ1n) is 6.15. The Morgan fingerprint density at radius 2 is 2.39 bits per heavy atom. The van der Waals surface area contributed by atoms with Gasteiger partial charge in [0.15, 0.2) is 0 Å². The van der Waals surface area contributed by atoms with E-state index in [0.29, 0.717) is 10.5 Å². The second-order valence-electron chi connectivity index (χ2n) is 4.74. The molecule has 0 saturated carbocycles. The number of aromatic nitrogens is 2. The molecule has 1 aromatic heterocycles. The van der Waals surface area contributed by atoms with Crippen LogP contribution in [0, 0.1) is 10.1 Å². The Balaban J connectivity index is 1.93. The van der Waals surface area contributed by atoms with E-state index in [1.807, 2.05) is 0 Å². The molecule has 1 saturated heterocycles. The summed E-state index contributed by atoms with van der Waals surface area (Å²) in [7, 11) is 2.14. The molecule has 6 nitrogen and oxygen atoms in total. The molecule has 1 aromatic rings. The topological polar surface area (TPSA) is 64.2 Å². The van der Waals surface area contributed by atoms with Crippen molar-refractivity contribution in [3.05, 3.63) is 20.8 Å². The Bertz CT molecular complexity index is 435.